The van der Waals surface area contributed by atoms with E-state index in [0.29, 0.717) is 0 Å². The molecule has 0 saturated carbocycles. The molecule has 0 aliphatic heterocycles. The third-order valence-corrected chi connectivity index (χ3v) is 2.93. The van der Waals surface area contributed by atoms with Crippen molar-refractivity contribution in [1.29, 1.82) is 0 Å². The van der Waals surface area contributed by atoms with Gasteiger partial charge in [0.25, 0.3) is 0 Å². The molecule has 2 aromatic rings. The highest BCUT2D eigenvalue weighted by Crippen LogP contribution is 2.31. The molecule has 0 heterocycles. The predicted molar refractivity (Wildman–Crippen MR) is 75.6 cm³/mol. The zero-order valence-electron chi connectivity index (χ0n) is 11.3. The Morgan fingerprint density at radius 2 is 1.90 bits per heavy atom. The second-order valence-corrected chi connectivity index (χ2v) is 4.49. The molecule has 0 unspecified atom stereocenters. The molecule has 6 nitrogen and oxygen atoms in total. The number of aryl methyl sites for hydroxylation is 1. The number of nitro groups is 1. The summed E-state index contributed by atoms with van der Waals surface area (Å²) in [5.41, 5.74) is 1.30. The van der Waals surface area contributed by atoms with E-state index in [1.165, 1.54) is 18.2 Å². The number of rotatable bonds is 5. The molecule has 108 valence electrons. The largest absolute Gasteiger partial charge is 0.481 e. The van der Waals surface area contributed by atoms with Crippen LogP contribution in [0.25, 0.3) is 0 Å². The van der Waals surface area contributed by atoms with Crippen LogP contribution in [-0.4, -0.2) is 16.0 Å². The molecule has 0 saturated heterocycles. The molecule has 2 rings (SSSR count). The maximum absolute atomic E-state index is 11.1. The minimum Gasteiger partial charge on any atom is -0.481 e. The van der Waals surface area contributed by atoms with Crippen molar-refractivity contribution in [2.75, 3.05) is 0 Å². The molecule has 0 aliphatic carbocycles. The summed E-state index contributed by atoms with van der Waals surface area (Å²) in [6.45, 7) is 2.00. The van der Waals surface area contributed by atoms with E-state index in [9.17, 15) is 14.9 Å². The average Bonchev–Trinajstić information content (AvgIpc) is 2.46. The summed E-state index contributed by atoms with van der Waals surface area (Å²) in [4.78, 5) is 21.5. The predicted octanol–water partition coefficient (Wildman–Crippen LogP) is 3.18. The van der Waals surface area contributed by atoms with Gasteiger partial charge in [-0.2, -0.15) is 0 Å². The van der Waals surface area contributed by atoms with Crippen LogP contribution in [0.3, 0.4) is 0 Å². The van der Waals surface area contributed by atoms with Crippen molar-refractivity contribution in [2.45, 2.75) is 13.5 Å². The Morgan fingerprint density at radius 1 is 1.24 bits per heavy atom. The molecule has 21 heavy (non-hydrogen) atoms. The fraction of sp³-hybridized carbons (Fsp3) is 0.133. The second-order valence-electron chi connectivity index (χ2n) is 4.49. The zero-order chi connectivity index (χ0) is 15.4. The van der Waals surface area contributed by atoms with E-state index >= 15 is 0 Å². The van der Waals surface area contributed by atoms with Gasteiger partial charge in [-0.15, -0.1) is 0 Å². The van der Waals surface area contributed by atoms with Crippen molar-refractivity contribution in [3.63, 3.8) is 0 Å². The van der Waals surface area contributed by atoms with Crippen LogP contribution in [0, 0.1) is 17.0 Å². The van der Waals surface area contributed by atoms with Crippen LogP contribution < -0.4 is 4.74 Å². The summed E-state index contributed by atoms with van der Waals surface area (Å²) in [5.74, 6) is -1.49. The standard InChI is InChI=1S/C15H13NO5/c1-10-5-7-11(8-6-10)9-21-14-12(15(17)18)3-2-4-13(14)16(19)20/h2-8H,9H2,1H3,(H,17,18). The number of para-hydroxylation sites is 1. The highest BCUT2D eigenvalue weighted by Gasteiger charge is 2.22. The van der Waals surface area contributed by atoms with Crippen LogP contribution in [0.5, 0.6) is 5.75 Å². The Balaban J connectivity index is 2.31. The van der Waals surface area contributed by atoms with E-state index in [2.05, 4.69) is 0 Å². The van der Waals surface area contributed by atoms with Crippen molar-refractivity contribution in [2.24, 2.45) is 0 Å². The third kappa shape index (κ3) is 3.36. The van der Waals surface area contributed by atoms with Crippen LogP contribution in [-0.2, 0) is 6.61 Å². The number of nitrogens with zero attached hydrogens (tertiary/aromatic N) is 1. The first kappa shape index (κ1) is 14.5. The summed E-state index contributed by atoms with van der Waals surface area (Å²) in [6, 6.07) is 11.2. The molecule has 0 atom stereocenters. The summed E-state index contributed by atoms with van der Waals surface area (Å²) in [5, 5.41) is 20.1. The molecule has 0 aromatic heterocycles. The lowest BCUT2D eigenvalue weighted by atomic mass is 10.1. The molecule has 0 aliphatic rings. The van der Waals surface area contributed by atoms with E-state index in [1.54, 1.807) is 0 Å². The molecular weight excluding hydrogens is 274 g/mol. The third-order valence-electron chi connectivity index (χ3n) is 2.93. The first-order valence-corrected chi connectivity index (χ1v) is 6.18. The van der Waals surface area contributed by atoms with Gasteiger partial charge in [-0.3, -0.25) is 10.1 Å². The molecule has 6 heteroatoms. The lowest BCUT2D eigenvalue weighted by Crippen LogP contribution is -2.06. The summed E-state index contributed by atoms with van der Waals surface area (Å²) >= 11 is 0. The molecule has 2 aromatic carbocycles. The fourth-order valence-electron chi connectivity index (χ4n) is 1.83. The molecule has 0 spiro atoms. The van der Waals surface area contributed by atoms with Gasteiger partial charge in [0.2, 0.25) is 5.75 Å². The molecule has 0 bridgehead atoms. The maximum atomic E-state index is 11.1. The second kappa shape index (κ2) is 6.04. The molecular formula is C15H13NO5. The number of carbonyl (C=O) groups is 1. The van der Waals surface area contributed by atoms with Gasteiger partial charge < -0.3 is 9.84 Å². The van der Waals surface area contributed by atoms with Gasteiger partial charge in [0.15, 0.2) is 0 Å². The Hall–Kier alpha value is -2.89. The monoisotopic (exact) mass is 287 g/mol. The van der Waals surface area contributed by atoms with Crippen LogP contribution in [0.1, 0.15) is 21.5 Å². The number of carboxylic acids is 1. The van der Waals surface area contributed by atoms with Gasteiger partial charge in [0, 0.05) is 6.07 Å². The van der Waals surface area contributed by atoms with Crippen LogP contribution in [0.2, 0.25) is 0 Å². The van der Waals surface area contributed by atoms with Crippen molar-refractivity contribution in [3.05, 3.63) is 69.3 Å². The number of ether oxygens (including phenoxy) is 1. The van der Waals surface area contributed by atoms with Crippen molar-refractivity contribution in [3.8, 4) is 5.75 Å². The number of benzene rings is 2. The summed E-state index contributed by atoms with van der Waals surface area (Å²) < 4.78 is 5.39. The molecule has 0 radical (unpaired) electrons. The first-order valence-electron chi connectivity index (χ1n) is 6.18. The van der Waals surface area contributed by atoms with E-state index in [4.69, 9.17) is 9.84 Å². The Bertz CT molecular complexity index is 647. The summed E-state index contributed by atoms with van der Waals surface area (Å²) in [7, 11) is 0. The number of hydrogen-bond donors (Lipinski definition) is 1. The normalized spacial score (nSPS) is 10.1. The van der Waals surface area contributed by atoms with Gasteiger partial charge in [-0.05, 0) is 18.6 Å². The van der Waals surface area contributed by atoms with Gasteiger partial charge in [0.1, 0.15) is 12.2 Å². The Kier molecular flexibility index (Phi) is 4.18. The van der Waals surface area contributed by atoms with Gasteiger partial charge in [0.05, 0.1) is 4.92 Å². The number of carboxylic acid groups (broad SMARTS) is 1. The van der Waals surface area contributed by atoms with Gasteiger partial charge >= 0.3 is 11.7 Å². The molecule has 0 fully saturated rings. The van der Waals surface area contributed by atoms with E-state index < -0.39 is 10.9 Å². The summed E-state index contributed by atoms with van der Waals surface area (Å²) in [6.07, 6.45) is 0. The van der Waals surface area contributed by atoms with E-state index in [0.717, 1.165) is 11.1 Å². The zero-order valence-corrected chi connectivity index (χ0v) is 11.3. The lowest BCUT2D eigenvalue weighted by Gasteiger charge is -2.09. The highest BCUT2D eigenvalue weighted by molar-refractivity contribution is 5.92. The van der Waals surface area contributed by atoms with E-state index in [1.807, 2.05) is 31.2 Å². The quantitative estimate of drug-likeness (QED) is 0.673. The SMILES string of the molecule is Cc1ccc(COc2c(C(=O)O)cccc2[N+](=O)[O-])cc1. The van der Waals surface area contributed by atoms with Crippen LogP contribution in [0.4, 0.5) is 5.69 Å². The van der Waals surface area contributed by atoms with Crippen LogP contribution >= 0.6 is 0 Å². The van der Waals surface area contributed by atoms with Gasteiger partial charge in [-0.1, -0.05) is 35.9 Å². The van der Waals surface area contributed by atoms with E-state index in [-0.39, 0.29) is 23.6 Å². The minimum absolute atomic E-state index is 0.0609. The minimum atomic E-state index is -1.27. The highest BCUT2D eigenvalue weighted by atomic mass is 16.6. The number of aromatic carboxylic acids is 1. The molecule has 1 N–H and O–H groups in total. The van der Waals surface area contributed by atoms with Crippen LogP contribution in [0.15, 0.2) is 42.5 Å². The number of nitro benzene ring substituents is 1. The first-order chi connectivity index (χ1) is 9.99. The van der Waals surface area contributed by atoms with Crippen molar-refractivity contribution >= 4 is 11.7 Å². The topological polar surface area (TPSA) is 89.7 Å². The smallest absolute Gasteiger partial charge is 0.339 e. The Morgan fingerprint density at radius 3 is 2.48 bits per heavy atom. The lowest BCUT2D eigenvalue weighted by molar-refractivity contribution is -0.386. The average molecular weight is 287 g/mol. The Labute approximate surface area is 120 Å². The van der Waals surface area contributed by atoms with Crippen molar-refractivity contribution < 1.29 is 19.6 Å². The molecule has 0 amide bonds. The van der Waals surface area contributed by atoms with Crippen molar-refractivity contribution in [1.82, 2.24) is 0 Å². The van der Waals surface area contributed by atoms with Gasteiger partial charge in [-0.25, -0.2) is 4.79 Å². The maximum Gasteiger partial charge on any atom is 0.339 e. The fourth-order valence-corrected chi connectivity index (χ4v) is 1.83. The number of hydrogen-bond acceptors (Lipinski definition) is 4.